The Balaban J connectivity index is 2.49. The van der Waals surface area contributed by atoms with E-state index >= 15 is 0 Å². The van der Waals surface area contributed by atoms with Crippen molar-refractivity contribution in [2.45, 2.75) is 13.3 Å². The highest BCUT2D eigenvalue weighted by atomic mass is 35.5. The zero-order chi connectivity index (χ0) is 12.0. The Morgan fingerprint density at radius 1 is 1.69 bits per heavy atom. The number of halogens is 1. The minimum atomic E-state index is -0.0305. The van der Waals surface area contributed by atoms with E-state index in [9.17, 15) is 4.79 Å². The molecule has 0 saturated heterocycles. The summed E-state index contributed by atoms with van der Waals surface area (Å²) in [6.07, 6.45) is 6.01. The number of anilines is 1. The number of pyridine rings is 1. The SMILES string of the molecule is CC(=O)NCCC=Cc1cc(N)cnc1Cl. The van der Waals surface area contributed by atoms with Crippen LogP contribution in [0, 0.1) is 0 Å². The molecule has 5 heteroatoms. The fourth-order valence-electron chi connectivity index (χ4n) is 1.14. The lowest BCUT2D eigenvalue weighted by Gasteiger charge is -1.99. The first kappa shape index (κ1) is 12.5. The van der Waals surface area contributed by atoms with Gasteiger partial charge in [-0.3, -0.25) is 4.79 Å². The molecular weight excluding hydrogens is 226 g/mol. The molecule has 1 amide bonds. The van der Waals surface area contributed by atoms with Crippen LogP contribution in [0.3, 0.4) is 0 Å². The maximum absolute atomic E-state index is 10.6. The summed E-state index contributed by atoms with van der Waals surface area (Å²) in [5, 5.41) is 3.12. The van der Waals surface area contributed by atoms with Gasteiger partial charge in [0.25, 0.3) is 0 Å². The van der Waals surface area contributed by atoms with Gasteiger partial charge in [-0.2, -0.15) is 0 Å². The fraction of sp³-hybridized carbons (Fsp3) is 0.273. The van der Waals surface area contributed by atoms with E-state index < -0.39 is 0 Å². The van der Waals surface area contributed by atoms with E-state index in [-0.39, 0.29) is 5.91 Å². The summed E-state index contributed by atoms with van der Waals surface area (Å²) in [5.41, 5.74) is 6.94. The standard InChI is InChI=1S/C11H14ClN3O/c1-8(16)14-5-3-2-4-9-6-10(13)7-15-11(9)12/h2,4,6-7H,3,5,13H2,1H3,(H,14,16). The molecule has 0 aromatic carbocycles. The number of rotatable bonds is 4. The van der Waals surface area contributed by atoms with E-state index in [2.05, 4.69) is 10.3 Å². The molecule has 1 aromatic heterocycles. The Kier molecular flexibility index (Phi) is 4.79. The molecule has 0 aliphatic heterocycles. The van der Waals surface area contributed by atoms with E-state index in [1.807, 2.05) is 12.2 Å². The lowest BCUT2D eigenvalue weighted by molar-refractivity contribution is -0.118. The van der Waals surface area contributed by atoms with Gasteiger partial charge in [0.15, 0.2) is 0 Å². The molecule has 0 radical (unpaired) electrons. The van der Waals surface area contributed by atoms with Gasteiger partial charge >= 0.3 is 0 Å². The summed E-state index contributed by atoms with van der Waals surface area (Å²) in [6, 6.07) is 1.75. The molecule has 86 valence electrons. The van der Waals surface area contributed by atoms with Crippen LogP contribution >= 0.6 is 11.6 Å². The van der Waals surface area contributed by atoms with Crippen molar-refractivity contribution in [1.82, 2.24) is 10.3 Å². The zero-order valence-corrected chi connectivity index (χ0v) is 9.79. The van der Waals surface area contributed by atoms with Crippen molar-refractivity contribution in [3.05, 3.63) is 29.1 Å². The maximum Gasteiger partial charge on any atom is 0.216 e. The zero-order valence-electron chi connectivity index (χ0n) is 9.03. The lowest BCUT2D eigenvalue weighted by Crippen LogP contribution is -2.20. The van der Waals surface area contributed by atoms with Crippen LogP contribution in [-0.2, 0) is 4.79 Å². The molecule has 0 atom stereocenters. The van der Waals surface area contributed by atoms with Crippen LogP contribution < -0.4 is 11.1 Å². The van der Waals surface area contributed by atoms with E-state index in [0.717, 1.165) is 12.0 Å². The number of nitrogens with zero attached hydrogens (tertiary/aromatic N) is 1. The number of hydrogen-bond acceptors (Lipinski definition) is 3. The Morgan fingerprint density at radius 2 is 2.44 bits per heavy atom. The number of nitrogens with two attached hydrogens (primary N) is 1. The average Bonchev–Trinajstić information content (AvgIpc) is 2.22. The number of nitrogens with one attached hydrogen (secondary N) is 1. The smallest absolute Gasteiger partial charge is 0.216 e. The summed E-state index contributed by atoms with van der Waals surface area (Å²) >= 11 is 5.87. The van der Waals surface area contributed by atoms with Gasteiger partial charge < -0.3 is 11.1 Å². The minimum Gasteiger partial charge on any atom is -0.397 e. The predicted octanol–water partition coefficient (Wildman–Crippen LogP) is 1.86. The third-order valence-electron chi connectivity index (χ3n) is 1.87. The fourth-order valence-corrected chi connectivity index (χ4v) is 1.31. The number of carbonyl (C=O) groups excluding carboxylic acids is 1. The first-order valence-electron chi connectivity index (χ1n) is 4.91. The molecule has 4 nitrogen and oxygen atoms in total. The van der Waals surface area contributed by atoms with Crippen molar-refractivity contribution in [1.29, 1.82) is 0 Å². The number of carbonyl (C=O) groups is 1. The molecular formula is C11H14ClN3O. The molecule has 1 heterocycles. The van der Waals surface area contributed by atoms with Crippen molar-refractivity contribution in [2.75, 3.05) is 12.3 Å². The lowest BCUT2D eigenvalue weighted by atomic mass is 10.2. The number of aromatic nitrogens is 1. The number of nitrogen functional groups attached to an aromatic ring is 1. The summed E-state index contributed by atoms with van der Waals surface area (Å²) in [4.78, 5) is 14.5. The van der Waals surface area contributed by atoms with Gasteiger partial charge in [0.1, 0.15) is 5.15 Å². The van der Waals surface area contributed by atoms with Gasteiger partial charge in [-0.05, 0) is 12.5 Å². The molecule has 1 rings (SSSR count). The number of amides is 1. The normalized spacial score (nSPS) is 10.6. The number of hydrogen-bond donors (Lipinski definition) is 2. The van der Waals surface area contributed by atoms with E-state index in [1.54, 1.807) is 6.07 Å². The van der Waals surface area contributed by atoms with Crippen molar-refractivity contribution >= 4 is 29.3 Å². The van der Waals surface area contributed by atoms with Crippen LogP contribution in [0.2, 0.25) is 5.15 Å². The highest BCUT2D eigenvalue weighted by Crippen LogP contribution is 2.16. The Hall–Kier alpha value is -1.55. The largest absolute Gasteiger partial charge is 0.397 e. The van der Waals surface area contributed by atoms with Gasteiger partial charge in [-0.15, -0.1) is 0 Å². The first-order chi connectivity index (χ1) is 7.59. The molecule has 0 unspecified atom stereocenters. The van der Waals surface area contributed by atoms with Crippen LogP contribution in [0.15, 0.2) is 18.3 Å². The summed E-state index contributed by atoms with van der Waals surface area (Å²) in [6.45, 7) is 2.10. The molecule has 0 aliphatic rings. The maximum atomic E-state index is 10.6. The molecule has 0 bridgehead atoms. The highest BCUT2D eigenvalue weighted by Gasteiger charge is 1.97. The second kappa shape index (κ2) is 6.12. The second-order valence-corrected chi connectivity index (χ2v) is 3.68. The van der Waals surface area contributed by atoms with Crippen LogP contribution in [0.5, 0.6) is 0 Å². The van der Waals surface area contributed by atoms with E-state index in [4.69, 9.17) is 17.3 Å². The van der Waals surface area contributed by atoms with Crippen LogP contribution in [-0.4, -0.2) is 17.4 Å². The van der Waals surface area contributed by atoms with Crippen LogP contribution in [0.4, 0.5) is 5.69 Å². The highest BCUT2D eigenvalue weighted by molar-refractivity contribution is 6.30. The summed E-state index contributed by atoms with van der Waals surface area (Å²) in [7, 11) is 0. The van der Waals surface area contributed by atoms with Crippen LogP contribution in [0.25, 0.3) is 6.08 Å². The second-order valence-electron chi connectivity index (χ2n) is 3.32. The molecule has 1 aromatic rings. The van der Waals surface area contributed by atoms with E-state index in [1.165, 1.54) is 13.1 Å². The molecule has 0 spiro atoms. The molecule has 0 saturated carbocycles. The minimum absolute atomic E-state index is 0.0305. The van der Waals surface area contributed by atoms with Crippen molar-refractivity contribution in [3.63, 3.8) is 0 Å². The third-order valence-corrected chi connectivity index (χ3v) is 2.19. The summed E-state index contributed by atoms with van der Waals surface area (Å²) < 4.78 is 0. The quantitative estimate of drug-likeness (QED) is 0.623. The average molecular weight is 240 g/mol. The van der Waals surface area contributed by atoms with Gasteiger partial charge in [0.05, 0.1) is 11.9 Å². The van der Waals surface area contributed by atoms with Crippen molar-refractivity contribution in [2.24, 2.45) is 0 Å². The van der Waals surface area contributed by atoms with Gasteiger partial charge in [-0.25, -0.2) is 4.98 Å². The Morgan fingerprint density at radius 3 is 3.12 bits per heavy atom. The topological polar surface area (TPSA) is 68.0 Å². The predicted molar refractivity (Wildman–Crippen MR) is 66.0 cm³/mol. The molecule has 0 fully saturated rings. The Labute approximate surface area is 99.5 Å². The first-order valence-corrected chi connectivity index (χ1v) is 5.29. The van der Waals surface area contributed by atoms with Gasteiger partial charge in [0.2, 0.25) is 5.91 Å². The monoisotopic (exact) mass is 239 g/mol. The molecule has 0 aliphatic carbocycles. The van der Waals surface area contributed by atoms with Gasteiger partial charge in [0, 0.05) is 19.0 Å². The van der Waals surface area contributed by atoms with E-state index in [0.29, 0.717) is 17.4 Å². The van der Waals surface area contributed by atoms with Crippen LogP contribution in [0.1, 0.15) is 18.9 Å². The van der Waals surface area contributed by atoms with Crippen molar-refractivity contribution in [3.8, 4) is 0 Å². The van der Waals surface area contributed by atoms with Gasteiger partial charge in [-0.1, -0.05) is 23.8 Å². The molecule has 3 N–H and O–H groups in total. The summed E-state index contributed by atoms with van der Waals surface area (Å²) in [5.74, 6) is -0.0305. The third kappa shape index (κ3) is 4.31. The molecule has 16 heavy (non-hydrogen) atoms. The van der Waals surface area contributed by atoms with Crippen molar-refractivity contribution < 1.29 is 4.79 Å². The Bertz CT molecular complexity index is 404.